The minimum absolute atomic E-state index is 0. The predicted octanol–water partition coefficient (Wildman–Crippen LogP) is 4.19. The number of amides is 1. The second-order valence-electron chi connectivity index (χ2n) is 8.31. The quantitative estimate of drug-likeness (QED) is 0.681. The first-order valence-corrected chi connectivity index (χ1v) is 10.2. The molecule has 0 radical (unpaired) electrons. The van der Waals surface area contributed by atoms with Crippen molar-refractivity contribution in [1.29, 1.82) is 0 Å². The van der Waals surface area contributed by atoms with E-state index in [9.17, 15) is 13.6 Å². The number of piperidine rings is 1. The molecule has 0 unspecified atom stereocenters. The Balaban J connectivity index is 0.00000210. The molecule has 1 amide bonds. The summed E-state index contributed by atoms with van der Waals surface area (Å²) in [6.07, 6.45) is 8.02. The lowest BCUT2D eigenvalue weighted by atomic mass is 9.71. The van der Waals surface area contributed by atoms with Gasteiger partial charge in [-0.2, -0.15) is 0 Å². The molecule has 3 N–H and O–H groups in total. The van der Waals surface area contributed by atoms with Crippen LogP contribution in [0.1, 0.15) is 56.9 Å². The number of nitrogens with two attached hydrogens (primary N) is 1. The van der Waals surface area contributed by atoms with Crippen molar-refractivity contribution in [3.63, 3.8) is 0 Å². The molecular formula is C21H33Cl2F2N3O. The highest BCUT2D eigenvalue weighted by atomic mass is 35.5. The fourth-order valence-corrected chi connectivity index (χ4v) is 4.51. The number of nitrogens with one attached hydrogen (secondary N) is 1. The number of rotatable bonds is 6. The summed E-state index contributed by atoms with van der Waals surface area (Å²) in [6, 6.07) is 4.26. The molecule has 1 aliphatic heterocycles. The minimum atomic E-state index is -0.812. The van der Waals surface area contributed by atoms with Crippen LogP contribution in [0.25, 0.3) is 0 Å². The molecule has 1 aromatic carbocycles. The van der Waals surface area contributed by atoms with Gasteiger partial charge in [-0.25, -0.2) is 8.78 Å². The van der Waals surface area contributed by atoms with E-state index in [1.807, 2.05) is 0 Å². The summed E-state index contributed by atoms with van der Waals surface area (Å²) >= 11 is 0. The molecule has 4 nitrogen and oxygen atoms in total. The van der Waals surface area contributed by atoms with E-state index in [4.69, 9.17) is 5.73 Å². The number of halogens is 4. The van der Waals surface area contributed by atoms with Crippen LogP contribution in [-0.4, -0.2) is 36.5 Å². The summed E-state index contributed by atoms with van der Waals surface area (Å²) in [5.74, 6) is -1.49. The largest absolute Gasteiger partial charge is 0.353 e. The van der Waals surface area contributed by atoms with Crippen LogP contribution in [-0.2, 0) is 11.3 Å². The Morgan fingerprint density at radius 1 is 1.10 bits per heavy atom. The molecule has 1 aromatic rings. The van der Waals surface area contributed by atoms with Gasteiger partial charge in [0.25, 0.3) is 0 Å². The molecule has 0 aromatic heterocycles. The summed E-state index contributed by atoms with van der Waals surface area (Å²) in [4.78, 5) is 14.7. The van der Waals surface area contributed by atoms with Gasteiger partial charge >= 0.3 is 0 Å². The maximum Gasteiger partial charge on any atom is 0.220 e. The van der Waals surface area contributed by atoms with E-state index in [1.54, 1.807) is 6.07 Å². The maximum atomic E-state index is 13.3. The molecule has 1 saturated carbocycles. The molecule has 1 saturated heterocycles. The number of carbonyl (C=O) groups excluding carboxylic acids is 1. The van der Waals surface area contributed by atoms with Crippen molar-refractivity contribution in [3.05, 3.63) is 35.4 Å². The predicted molar refractivity (Wildman–Crippen MR) is 116 cm³/mol. The van der Waals surface area contributed by atoms with E-state index in [2.05, 4.69) is 10.2 Å². The summed E-state index contributed by atoms with van der Waals surface area (Å²) < 4.78 is 26.4. The van der Waals surface area contributed by atoms with Gasteiger partial charge in [-0.1, -0.05) is 25.3 Å². The van der Waals surface area contributed by atoms with Crippen molar-refractivity contribution in [2.75, 3.05) is 19.6 Å². The van der Waals surface area contributed by atoms with Crippen molar-refractivity contribution in [1.82, 2.24) is 10.2 Å². The molecule has 166 valence electrons. The zero-order chi connectivity index (χ0) is 19.3. The van der Waals surface area contributed by atoms with Crippen molar-refractivity contribution in [2.24, 2.45) is 11.1 Å². The van der Waals surface area contributed by atoms with Gasteiger partial charge < -0.3 is 11.1 Å². The molecule has 0 bridgehead atoms. The lowest BCUT2D eigenvalue weighted by molar-refractivity contribution is -0.124. The fraction of sp³-hybridized carbons (Fsp3) is 0.667. The summed E-state index contributed by atoms with van der Waals surface area (Å²) in [6.45, 7) is 2.87. The second-order valence-corrected chi connectivity index (χ2v) is 8.31. The van der Waals surface area contributed by atoms with Gasteiger partial charge in [0.1, 0.15) is 0 Å². The monoisotopic (exact) mass is 451 g/mol. The van der Waals surface area contributed by atoms with Crippen LogP contribution in [0, 0.1) is 17.0 Å². The average Bonchev–Trinajstić information content (AvgIpc) is 2.67. The number of hydrogen-bond donors (Lipinski definition) is 2. The Bertz CT molecular complexity index is 649. The van der Waals surface area contributed by atoms with Gasteiger partial charge in [0, 0.05) is 32.1 Å². The van der Waals surface area contributed by atoms with Crippen LogP contribution in [0.2, 0.25) is 0 Å². The molecule has 8 heteroatoms. The first-order valence-electron chi connectivity index (χ1n) is 10.2. The topological polar surface area (TPSA) is 58.4 Å². The van der Waals surface area contributed by atoms with Crippen LogP contribution >= 0.6 is 24.8 Å². The highest BCUT2D eigenvalue weighted by molar-refractivity contribution is 5.85. The van der Waals surface area contributed by atoms with Gasteiger partial charge in [0.2, 0.25) is 5.91 Å². The number of benzene rings is 1. The van der Waals surface area contributed by atoms with Gasteiger partial charge in [0.05, 0.1) is 0 Å². The highest BCUT2D eigenvalue weighted by Gasteiger charge is 2.33. The Morgan fingerprint density at radius 2 is 1.76 bits per heavy atom. The Kier molecular flexibility index (Phi) is 10.8. The zero-order valence-electron chi connectivity index (χ0n) is 16.8. The van der Waals surface area contributed by atoms with Crippen LogP contribution in [0.3, 0.4) is 0 Å². The van der Waals surface area contributed by atoms with Crippen LogP contribution in [0.15, 0.2) is 18.2 Å². The molecule has 29 heavy (non-hydrogen) atoms. The lowest BCUT2D eigenvalue weighted by Gasteiger charge is -2.37. The average molecular weight is 452 g/mol. The van der Waals surface area contributed by atoms with Crippen LogP contribution in [0.4, 0.5) is 8.78 Å². The third kappa shape index (κ3) is 7.35. The van der Waals surface area contributed by atoms with E-state index >= 15 is 0 Å². The normalized spacial score (nSPS) is 19.7. The molecule has 0 spiro atoms. The molecule has 1 heterocycles. The first kappa shape index (κ1) is 26.1. The first-order chi connectivity index (χ1) is 13.0. The van der Waals surface area contributed by atoms with Gasteiger partial charge in [-0.05, 0) is 55.3 Å². The smallest absolute Gasteiger partial charge is 0.220 e. The van der Waals surface area contributed by atoms with Crippen molar-refractivity contribution < 1.29 is 13.6 Å². The van der Waals surface area contributed by atoms with E-state index in [-0.39, 0.29) is 42.2 Å². The standard InChI is InChI=1S/C21H31F2N3O.2ClH/c22-18-5-4-16(12-19(18)23)14-26-10-6-17(7-11-26)25-20(27)13-21(15-24)8-2-1-3-9-21;;/h4-5,12,17H,1-3,6-11,13-15,24H2,(H,25,27);2*1H. The summed E-state index contributed by atoms with van der Waals surface area (Å²) in [5, 5.41) is 3.20. The fourth-order valence-electron chi connectivity index (χ4n) is 4.51. The molecular weight excluding hydrogens is 419 g/mol. The highest BCUT2D eigenvalue weighted by Crippen LogP contribution is 2.38. The molecule has 2 aliphatic rings. The number of likely N-dealkylation sites (tertiary alicyclic amines) is 1. The Hall–Kier alpha value is -0.950. The summed E-state index contributed by atoms with van der Waals surface area (Å²) in [5.41, 5.74) is 6.77. The number of nitrogens with zero attached hydrogens (tertiary/aromatic N) is 1. The molecule has 2 fully saturated rings. The van der Waals surface area contributed by atoms with Crippen molar-refractivity contribution in [2.45, 2.75) is 64.0 Å². The minimum Gasteiger partial charge on any atom is -0.353 e. The van der Waals surface area contributed by atoms with E-state index in [0.717, 1.165) is 44.3 Å². The zero-order valence-corrected chi connectivity index (χ0v) is 18.4. The van der Waals surface area contributed by atoms with Crippen molar-refractivity contribution in [3.8, 4) is 0 Å². The van der Waals surface area contributed by atoms with Gasteiger partial charge in [-0.3, -0.25) is 9.69 Å². The molecule has 3 rings (SSSR count). The molecule has 1 aliphatic carbocycles. The van der Waals surface area contributed by atoms with E-state index in [1.165, 1.54) is 31.4 Å². The Morgan fingerprint density at radius 3 is 2.34 bits per heavy atom. The third-order valence-corrected chi connectivity index (χ3v) is 6.23. The summed E-state index contributed by atoms with van der Waals surface area (Å²) in [7, 11) is 0. The Labute approximate surface area is 184 Å². The SMILES string of the molecule is Cl.Cl.NCC1(CC(=O)NC2CCN(Cc3ccc(F)c(F)c3)CC2)CCCCC1. The number of hydrogen-bond acceptors (Lipinski definition) is 3. The van der Waals surface area contributed by atoms with E-state index in [0.29, 0.717) is 19.5 Å². The van der Waals surface area contributed by atoms with Crippen LogP contribution in [0.5, 0.6) is 0 Å². The van der Waals surface area contributed by atoms with Gasteiger partial charge in [0.15, 0.2) is 11.6 Å². The van der Waals surface area contributed by atoms with E-state index < -0.39 is 11.6 Å². The second kappa shape index (κ2) is 12.0. The van der Waals surface area contributed by atoms with Crippen LogP contribution < -0.4 is 11.1 Å². The van der Waals surface area contributed by atoms with Crippen molar-refractivity contribution >= 4 is 30.7 Å². The number of carbonyl (C=O) groups is 1. The lowest BCUT2D eigenvalue weighted by Crippen LogP contribution is -2.46. The third-order valence-electron chi connectivity index (χ3n) is 6.23. The molecule has 0 atom stereocenters. The maximum absolute atomic E-state index is 13.3. The van der Waals surface area contributed by atoms with Gasteiger partial charge in [-0.15, -0.1) is 24.8 Å².